The van der Waals surface area contributed by atoms with E-state index in [2.05, 4.69) is 22.3 Å². The minimum absolute atomic E-state index is 0.136. The van der Waals surface area contributed by atoms with Crippen molar-refractivity contribution in [3.8, 4) is 11.8 Å². The summed E-state index contributed by atoms with van der Waals surface area (Å²) in [6.45, 7) is 0.837. The van der Waals surface area contributed by atoms with Crippen molar-refractivity contribution in [1.82, 2.24) is 15.1 Å². The van der Waals surface area contributed by atoms with Crippen LogP contribution in [0.4, 0.5) is 0 Å². The van der Waals surface area contributed by atoms with Crippen LogP contribution in [0.25, 0.3) is 0 Å². The molecule has 0 bridgehead atoms. The Morgan fingerprint density at radius 3 is 3.05 bits per heavy atom. The third-order valence-electron chi connectivity index (χ3n) is 2.45. The van der Waals surface area contributed by atoms with Gasteiger partial charge in [-0.1, -0.05) is 11.8 Å². The zero-order chi connectivity index (χ0) is 13.7. The molecule has 0 radical (unpaired) electrons. The molecule has 98 valence electrons. The Hall–Kier alpha value is -2.10. The minimum Gasteiger partial charge on any atom is -0.346 e. The summed E-state index contributed by atoms with van der Waals surface area (Å²) in [7, 11) is 1.74. The molecule has 6 heteroatoms. The molecule has 0 saturated heterocycles. The fourth-order valence-corrected chi connectivity index (χ4v) is 2.36. The summed E-state index contributed by atoms with van der Waals surface area (Å²) >= 11 is 1.55. The van der Waals surface area contributed by atoms with E-state index in [0.29, 0.717) is 18.8 Å². The van der Waals surface area contributed by atoms with Crippen LogP contribution < -0.4 is 11.1 Å². The lowest BCUT2D eigenvalue weighted by molar-refractivity contribution is 0.0942. The van der Waals surface area contributed by atoms with E-state index < -0.39 is 0 Å². The molecule has 1 amide bonds. The van der Waals surface area contributed by atoms with Crippen molar-refractivity contribution in [2.75, 3.05) is 6.54 Å². The smallest absolute Gasteiger partial charge is 0.269 e. The van der Waals surface area contributed by atoms with Crippen LogP contribution in [-0.2, 0) is 13.6 Å². The topological polar surface area (TPSA) is 72.9 Å². The number of thiophene rings is 1. The van der Waals surface area contributed by atoms with Crippen molar-refractivity contribution >= 4 is 17.2 Å². The minimum atomic E-state index is -0.136. The monoisotopic (exact) mass is 274 g/mol. The number of amides is 1. The van der Waals surface area contributed by atoms with Gasteiger partial charge < -0.3 is 11.1 Å². The molecule has 2 heterocycles. The maximum absolute atomic E-state index is 11.9. The Morgan fingerprint density at radius 1 is 1.53 bits per heavy atom. The zero-order valence-electron chi connectivity index (χ0n) is 10.5. The fourth-order valence-electron chi connectivity index (χ4n) is 1.53. The van der Waals surface area contributed by atoms with Crippen LogP contribution >= 0.6 is 11.3 Å². The van der Waals surface area contributed by atoms with Crippen molar-refractivity contribution in [2.24, 2.45) is 12.8 Å². The van der Waals surface area contributed by atoms with Gasteiger partial charge in [0.2, 0.25) is 0 Å². The largest absolute Gasteiger partial charge is 0.346 e. The Bertz CT molecular complexity index is 632. The lowest BCUT2D eigenvalue weighted by atomic mass is 10.3. The number of aryl methyl sites for hydroxylation is 1. The summed E-state index contributed by atoms with van der Waals surface area (Å²) in [5.74, 6) is 5.63. The molecule has 2 aromatic heterocycles. The molecular formula is C13H14N4OS. The second kappa shape index (κ2) is 6.18. The summed E-state index contributed by atoms with van der Waals surface area (Å²) in [6, 6.07) is 5.56. The Balaban J connectivity index is 1.94. The van der Waals surface area contributed by atoms with Crippen molar-refractivity contribution in [2.45, 2.75) is 6.54 Å². The molecule has 0 fully saturated rings. The molecule has 3 N–H and O–H groups in total. The van der Waals surface area contributed by atoms with Crippen LogP contribution in [-0.4, -0.2) is 22.2 Å². The van der Waals surface area contributed by atoms with Gasteiger partial charge in [-0.25, -0.2) is 0 Å². The first kappa shape index (κ1) is 13.3. The van der Waals surface area contributed by atoms with Gasteiger partial charge in [-0.2, -0.15) is 5.10 Å². The molecule has 0 unspecified atom stereocenters. The molecule has 0 aliphatic carbocycles. The Kier molecular flexibility index (Phi) is 4.34. The van der Waals surface area contributed by atoms with E-state index in [1.165, 1.54) is 0 Å². The maximum atomic E-state index is 11.9. The molecule has 2 aromatic rings. The van der Waals surface area contributed by atoms with Gasteiger partial charge in [0.1, 0.15) is 5.69 Å². The summed E-state index contributed by atoms with van der Waals surface area (Å²) in [5, 5.41) is 6.81. The van der Waals surface area contributed by atoms with Crippen molar-refractivity contribution in [1.29, 1.82) is 0 Å². The highest BCUT2D eigenvalue weighted by Crippen LogP contribution is 2.15. The number of hydrogen-bond acceptors (Lipinski definition) is 4. The first-order valence-corrected chi connectivity index (χ1v) is 6.56. The van der Waals surface area contributed by atoms with Gasteiger partial charge in [0.05, 0.1) is 18.0 Å². The predicted molar refractivity (Wildman–Crippen MR) is 74.6 cm³/mol. The number of nitrogens with two attached hydrogens (primary N) is 1. The number of carbonyl (C=O) groups is 1. The van der Waals surface area contributed by atoms with Gasteiger partial charge in [0.25, 0.3) is 5.91 Å². The molecule has 0 aromatic carbocycles. The molecule has 19 heavy (non-hydrogen) atoms. The molecule has 5 nitrogen and oxygen atoms in total. The van der Waals surface area contributed by atoms with Gasteiger partial charge in [-0.15, -0.1) is 11.3 Å². The second-order valence-electron chi connectivity index (χ2n) is 3.79. The molecule has 0 saturated carbocycles. The van der Waals surface area contributed by atoms with Crippen LogP contribution in [0.3, 0.4) is 0 Å². The average molecular weight is 274 g/mol. The van der Waals surface area contributed by atoms with Crippen LogP contribution in [0.5, 0.6) is 0 Å². The van der Waals surface area contributed by atoms with E-state index in [1.54, 1.807) is 35.3 Å². The van der Waals surface area contributed by atoms with Crippen LogP contribution in [0, 0.1) is 11.8 Å². The zero-order valence-corrected chi connectivity index (χ0v) is 11.3. The van der Waals surface area contributed by atoms with E-state index in [9.17, 15) is 4.79 Å². The first-order valence-electron chi connectivity index (χ1n) is 5.74. The quantitative estimate of drug-likeness (QED) is 0.810. The normalized spacial score (nSPS) is 9.79. The summed E-state index contributed by atoms with van der Waals surface area (Å²) < 4.78 is 1.54. The molecule has 2 rings (SSSR count). The number of aromatic nitrogens is 2. The van der Waals surface area contributed by atoms with Gasteiger partial charge in [-0.05, 0) is 18.2 Å². The maximum Gasteiger partial charge on any atom is 0.269 e. The number of hydrogen-bond donors (Lipinski definition) is 2. The summed E-state index contributed by atoms with van der Waals surface area (Å²) in [5.41, 5.74) is 5.86. The molecular weight excluding hydrogens is 260 g/mol. The van der Waals surface area contributed by atoms with Gasteiger partial charge in [0.15, 0.2) is 0 Å². The molecule has 0 atom stereocenters. The summed E-state index contributed by atoms with van der Waals surface area (Å²) in [4.78, 5) is 13.9. The lowest BCUT2D eigenvalue weighted by Gasteiger charge is -2.03. The third-order valence-corrected chi connectivity index (χ3v) is 3.45. The Labute approximate surface area is 115 Å². The molecule has 0 aliphatic heterocycles. The van der Waals surface area contributed by atoms with E-state index >= 15 is 0 Å². The lowest BCUT2D eigenvalue weighted by Crippen LogP contribution is -2.24. The van der Waals surface area contributed by atoms with Crippen LogP contribution in [0.1, 0.15) is 20.2 Å². The van der Waals surface area contributed by atoms with Crippen LogP contribution in [0.15, 0.2) is 24.4 Å². The number of carbonyl (C=O) groups excluding carboxylic acids is 1. The van der Waals surface area contributed by atoms with Crippen LogP contribution in [0.2, 0.25) is 0 Å². The highest BCUT2D eigenvalue weighted by atomic mass is 32.1. The fraction of sp³-hybridized carbons (Fsp3) is 0.231. The predicted octanol–water partition coefficient (Wildman–Crippen LogP) is 0.722. The first-order chi connectivity index (χ1) is 9.20. The van der Waals surface area contributed by atoms with Crippen molar-refractivity contribution < 1.29 is 4.79 Å². The van der Waals surface area contributed by atoms with E-state index in [1.807, 2.05) is 12.1 Å². The average Bonchev–Trinajstić information content (AvgIpc) is 3.02. The SMILES string of the molecule is Cn1nccc1C(=O)NCc1ccc(C#CCN)s1. The molecule has 0 spiro atoms. The van der Waals surface area contributed by atoms with Gasteiger partial charge in [-0.3, -0.25) is 9.48 Å². The number of rotatable bonds is 3. The number of nitrogens with one attached hydrogen (secondary N) is 1. The highest BCUT2D eigenvalue weighted by molar-refractivity contribution is 7.12. The Morgan fingerprint density at radius 2 is 2.37 bits per heavy atom. The third kappa shape index (κ3) is 3.44. The second-order valence-corrected chi connectivity index (χ2v) is 4.96. The van der Waals surface area contributed by atoms with Crippen molar-refractivity contribution in [3.63, 3.8) is 0 Å². The number of nitrogens with zero attached hydrogens (tertiary/aromatic N) is 2. The van der Waals surface area contributed by atoms with E-state index in [-0.39, 0.29) is 5.91 Å². The van der Waals surface area contributed by atoms with E-state index in [0.717, 1.165) is 9.75 Å². The van der Waals surface area contributed by atoms with E-state index in [4.69, 9.17) is 5.73 Å². The standard InChI is InChI=1S/C13H14N4OS/c1-17-12(6-8-16-17)13(18)15-9-11-5-4-10(19-11)3-2-7-14/h4-6,8H,7,9,14H2,1H3,(H,15,18). The summed E-state index contributed by atoms with van der Waals surface area (Å²) in [6.07, 6.45) is 1.60. The van der Waals surface area contributed by atoms with Gasteiger partial charge in [0, 0.05) is 18.1 Å². The van der Waals surface area contributed by atoms with Crippen molar-refractivity contribution in [3.05, 3.63) is 39.8 Å². The highest BCUT2D eigenvalue weighted by Gasteiger charge is 2.09. The molecule has 0 aliphatic rings. The van der Waals surface area contributed by atoms with Gasteiger partial charge >= 0.3 is 0 Å².